The molecule has 2 heterocycles. The van der Waals surface area contributed by atoms with Gasteiger partial charge in [0.1, 0.15) is 5.75 Å². The minimum atomic E-state index is -1.20. The quantitative estimate of drug-likeness (QED) is 0.794. The van der Waals surface area contributed by atoms with E-state index in [-0.39, 0.29) is 11.7 Å². The summed E-state index contributed by atoms with van der Waals surface area (Å²) < 4.78 is 5.92. The van der Waals surface area contributed by atoms with Crippen molar-refractivity contribution in [3.05, 3.63) is 65.7 Å². The minimum Gasteiger partial charge on any atom is -0.455 e. The Hall–Kier alpha value is -2.49. The first-order valence-corrected chi connectivity index (χ1v) is 6.58. The number of carbonyl (C=O) groups excluding carboxylic acids is 1. The van der Waals surface area contributed by atoms with Crippen LogP contribution >= 0.6 is 0 Å². The summed E-state index contributed by atoms with van der Waals surface area (Å²) in [5, 5.41) is 8.26. The average molecular weight is 264 g/mol. The number of ether oxygens (including phenoxy) is 1. The predicted molar refractivity (Wildman–Crippen MR) is 73.0 cm³/mol. The van der Waals surface area contributed by atoms with E-state index in [1.807, 2.05) is 42.5 Å². The normalized spacial score (nSPS) is 26.8. The molecule has 2 aliphatic heterocycles. The van der Waals surface area contributed by atoms with Gasteiger partial charge in [0.2, 0.25) is 5.78 Å². The summed E-state index contributed by atoms with van der Waals surface area (Å²) in [6, 6.07) is 17.1. The molecule has 2 unspecified atom stereocenters. The molecule has 2 aromatic rings. The number of nitrogens with zero attached hydrogens (tertiary/aromatic N) is 2. The predicted octanol–water partition coefficient (Wildman–Crippen LogP) is 3.21. The average Bonchev–Trinajstić information content (AvgIpc) is 3.04. The summed E-state index contributed by atoms with van der Waals surface area (Å²) in [5.41, 5.74) is 0.415. The SMILES string of the molecule is O=C1c2ccccc2OC12N=NCC2c1ccccc1. The molecule has 2 aromatic carbocycles. The second-order valence-corrected chi connectivity index (χ2v) is 5.01. The lowest BCUT2D eigenvalue weighted by Gasteiger charge is -2.25. The first-order valence-electron chi connectivity index (χ1n) is 6.58. The van der Waals surface area contributed by atoms with E-state index in [9.17, 15) is 4.79 Å². The maximum absolute atomic E-state index is 12.7. The molecule has 1 spiro atoms. The number of benzene rings is 2. The van der Waals surface area contributed by atoms with Gasteiger partial charge in [-0.25, -0.2) is 0 Å². The Labute approximate surface area is 116 Å². The second-order valence-electron chi connectivity index (χ2n) is 5.01. The van der Waals surface area contributed by atoms with Gasteiger partial charge in [-0.15, -0.1) is 5.11 Å². The van der Waals surface area contributed by atoms with Crippen molar-refractivity contribution in [1.82, 2.24) is 0 Å². The van der Waals surface area contributed by atoms with E-state index >= 15 is 0 Å². The zero-order chi connectivity index (χ0) is 13.6. The Morgan fingerprint density at radius 1 is 1.05 bits per heavy atom. The molecule has 4 heteroatoms. The minimum absolute atomic E-state index is 0.0943. The van der Waals surface area contributed by atoms with Crippen molar-refractivity contribution in [1.29, 1.82) is 0 Å². The highest BCUT2D eigenvalue weighted by molar-refractivity contribution is 6.08. The molecule has 0 saturated heterocycles. The van der Waals surface area contributed by atoms with Crippen LogP contribution in [0.15, 0.2) is 64.8 Å². The number of carbonyl (C=O) groups is 1. The van der Waals surface area contributed by atoms with Crippen LogP contribution in [0.1, 0.15) is 21.8 Å². The number of fused-ring (bicyclic) bond motifs is 1. The van der Waals surface area contributed by atoms with Gasteiger partial charge >= 0.3 is 0 Å². The van der Waals surface area contributed by atoms with E-state index in [0.29, 0.717) is 17.9 Å². The fraction of sp³-hybridized carbons (Fsp3) is 0.188. The number of azo groups is 1. The van der Waals surface area contributed by atoms with Gasteiger partial charge < -0.3 is 4.74 Å². The van der Waals surface area contributed by atoms with Crippen LogP contribution in [0.5, 0.6) is 5.75 Å². The zero-order valence-electron chi connectivity index (χ0n) is 10.7. The first-order chi connectivity index (χ1) is 9.81. The third kappa shape index (κ3) is 1.39. The molecule has 98 valence electrons. The molecule has 0 aromatic heterocycles. The summed E-state index contributed by atoms with van der Waals surface area (Å²) in [7, 11) is 0. The van der Waals surface area contributed by atoms with Crippen LogP contribution in [0.2, 0.25) is 0 Å². The Morgan fingerprint density at radius 3 is 2.60 bits per heavy atom. The number of para-hydroxylation sites is 1. The van der Waals surface area contributed by atoms with Gasteiger partial charge in [0.25, 0.3) is 5.72 Å². The fourth-order valence-corrected chi connectivity index (χ4v) is 2.88. The van der Waals surface area contributed by atoms with Gasteiger partial charge in [-0.1, -0.05) is 42.5 Å². The lowest BCUT2D eigenvalue weighted by Crippen LogP contribution is -2.42. The third-order valence-corrected chi connectivity index (χ3v) is 3.88. The van der Waals surface area contributed by atoms with Gasteiger partial charge in [0.15, 0.2) is 0 Å². The Morgan fingerprint density at radius 2 is 1.80 bits per heavy atom. The summed E-state index contributed by atoms with van der Waals surface area (Å²) >= 11 is 0. The smallest absolute Gasteiger partial charge is 0.290 e. The molecule has 20 heavy (non-hydrogen) atoms. The maximum Gasteiger partial charge on any atom is 0.290 e. The van der Waals surface area contributed by atoms with E-state index < -0.39 is 5.72 Å². The lowest BCUT2D eigenvalue weighted by atomic mass is 9.86. The highest BCUT2D eigenvalue weighted by Gasteiger charge is 2.57. The summed E-state index contributed by atoms with van der Waals surface area (Å²) in [6.45, 7) is 0.476. The van der Waals surface area contributed by atoms with Gasteiger partial charge in [-0.3, -0.25) is 4.79 Å². The van der Waals surface area contributed by atoms with Crippen LogP contribution in [0.25, 0.3) is 0 Å². The van der Waals surface area contributed by atoms with Crippen LogP contribution in [-0.2, 0) is 0 Å². The van der Waals surface area contributed by atoms with E-state index in [1.54, 1.807) is 12.1 Å². The maximum atomic E-state index is 12.7. The van der Waals surface area contributed by atoms with Gasteiger partial charge in [-0.05, 0) is 17.7 Å². The lowest BCUT2D eigenvalue weighted by molar-refractivity contribution is 0.0535. The highest BCUT2D eigenvalue weighted by atomic mass is 16.5. The van der Waals surface area contributed by atoms with Gasteiger partial charge in [0.05, 0.1) is 18.0 Å². The highest BCUT2D eigenvalue weighted by Crippen LogP contribution is 2.46. The van der Waals surface area contributed by atoms with Crippen molar-refractivity contribution in [3.8, 4) is 5.75 Å². The number of ketones is 1. The van der Waals surface area contributed by atoms with Crippen LogP contribution in [0, 0.1) is 0 Å². The monoisotopic (exact) mass is 264 g/mol. The number of hydrogen-bond donors (Lipinski definition) is 0. The van der Waals surface area contributed by atoms with Gasteiger partial charge in [-0.2, -0.15) is 5.11 Å². The molecule has 0 bridgehead atoms. The van der Waals surface area contributed by atoms with Crippen molar-refractivity contribution in [2.24, 2.45) is 10.2 Å². The molecule has 0 fully saturated rings. The molecule has 0 saturated carbocycles. The molecule has 2 atom stereocenters. The molecule has 2 aliphatic rings. The van der Waals surface area contributed by atoms with Crippen molar-refractivity contribution in [2.75, 3.05) is 6.54 Å². The van der Waals surface area contributed by atoms with Crippen molar-refractivity contribution < 1.29 is 9.53 Å². The van der Waals surface area contributed by atoms with E-state index in [4.69, 9.17) is 4.74 Å². The zero-order valence-corrected chi connectivity index (χ0v) is 10.7. The van der Waals surface area contributed by atoms with E-state index in [2.05, 4.69) is 10.2 Å². The third-order valence-electron chi connectivity index (χ3n) is 3.88. The van der Waals surface area contributed by atoms with E-state index in [0.717, 1.165) is 5.56 Å². The molecule has 4 nitrogen and oxygen atoms in total. The fourth-order valence-electron chi connectivity index (χ4n) is 2.88. The number of rotatable bonds is 1. The van der Waals surface area contributed by atoms with Crippen molar-refractivity contribution in [3.63, 3.8) is 0 Å². The largest absolute Gasteiger partial charge is 0.455 e. The Balaban J connectivity index is 1.82. The molecule has 0 aliphatic carbocycles. The Kier molecular flexibility index (Phi) is 2.27. The van der Waals surface area contributed by atoms with Crippen LogP contribution in [-0.4, -0.2) is 18.1 Å². The summed E-state index contributed by atoms with van der Waals surface area (Å²) in [4.78, 5) is 12.7. The molecule has 0 N–H and O–H groups in total. The summed E-state index contributed by atoms with van der Waals surface area (Å²) in [6.07, 6.45) is 0. The first kappa shape index (κ1) is 11.3. The van der Waals surface area contributed by atoms with Crippen LogP contribution in [0.3, 0.4) is 0 Å². The standard InChI is InChI=1S/C16H12N2O2/c19-15-12-8-4-5-9-14(12)20-16(15)13(10-17-18-16)11-6-2-1-3-7-11/h1-9,13H,10H2. The van der Waals surface area contributed by atoms with Crippen molar-refractivity contribution in [2.45, 2.75) is 11.6 Å². The molecule has 0 radical (unpaired) electrons. The molecular weight excluding hydrogens is 252 g/mol. The van der Waals surface area contributed by atoms with E-state index in [1.165, 1.54) is 0 Å². The van der Waals surface area contributed by atoms with Crippen LogP contribution in [0.4, 0.5) is 0 Å². The summed E-state index contributed by atoms with van der Waals surface area (Å²) in [5.74, 6) is 0.339. The molecule has 4 rings (SSSR count). The topological polar surface area (TPSA) is 51.0 Å². The molecular formula is C16H12N2O2. The van der Waals surface area contributed by atoms with Crippen LogP contribution < -0.4 is 4.74 Å². The Bertz CT molecular complexity index is 711. The number of Topliss-reactive ketones (excluding diaryl/α,β-unsaturated/α-hetero) is 1. The number of hydrogen-bond acceptors (Lipinski definition) is 4. The van der Waals surface area contributed by atoms with Crippen molar-refractivity contribution >= 4 is 5.78 Å². The van der Waals surface area contributed by atoms with Gasteiger partial charge in [0, 0.05) is 0 Å². The second kappa shape index (κ2) is 4.00. The molecule has 0 amide bonds.